The van der Waals surface area contributed by atoms with Crippen LogP contribution in [0.25, 0.3) is 0 Å². The maximum Gasteiger partial charge on any atom is 0.309 e. The Morgan fingerprint density at radius 1 is 1.16 bits per heavy atom. The van der Waals surface area contributed by atoms with Crippen molar-refractivity contribution in [1.82, 2.24) is 0 Å². The third-order valence-electron chi connectivity index (χ3n) is 6.22. The molecule has 4 rings (SSSR count). The molecule has 1 N–H and O–H groups in total. The molecule has 2 aliphatic rings. The number of hydrogen-bond donors (Lipinski definition) is 1. The summed E-state index contributed by atoms with van der Waals surface area (Å²) in [5.41, 5.74) is 0.262. The quantitative estimate of drug-likeness (QED) is 0.647. The molecule has 0 radical (unpaired) electrons. The van der Waals surface area contributed by atoms with Crippen LogP contribution in [0.5, 0.6) is 17.2 Å². The molecule has 2 aromatic rings. The summed E-state index contributed by atoms with van der Waals surface area (Å²) in [5.74, 6) is -0.287. The molecule has 1 fully saturated rings. The third kappa shape index (κ3) is 4.53. The van der Waals surface area contributed by atoms with Gasteiger partial charge in [-0.05, 0) is 69.2 Å². The number of fused-ring (bicyclic) bond motifs is 3. The van der Waals surface area contributed by atoms with Gasteiger partial charge < -0.3 is 24.1 Å². The summed E-state index contributed by atoms with van der Waals surface area (Å²) in [5, 5.41) is 9.89. The summed E-state index contributed by atoms with van der Waals surface area (Å²) >= 11 is 0. The largest absolute Gasteiger partial charge is 0.494 e. The zero-order chi connectivity index (χ0) is 22.9. The molecule has 7 heteroatoms. The summed E-state index contributed by atoms with van der Waals surface area (Å²) in [6.45, 7) is 6.63. The van der Waals surface area contributed by atoms with Crippen molar-refractivity contribution >= 4 is 5.97 Å². The van der Waals surface area contributed by atoms with Gasteiger partial charge in [0, 0.05) is 11.5 Å². The third-order valence-corrected chi connectivity index (χ3v) is 6.22. The summed E-state index contributed by atoms with van der Waals surface area (Å²) in [6, 6.07) is 11.3. The van der Waals surface area contributed by atoms with Gasteiger partial charge in [-0.2, -0.15) is 0 Å². The van der Waals surface area contributed by atoms with Crippen molar-refractivity contribution in [2.75, 3.05) is 13.2 Å². The predicted octanol–water partition coefficient (Wildman–Crippen LogP) is 5.01. The molecule has 0 saturated carbocycles. The summed E-state index contributed by atoms with van der Waals surface area (Å²) in [4.78, 5) is 12.1. The monoisotopic (exact) mass is 444 g/mol. The van der Waals surface area contributed by atoms with E-state index in [1.54, 1.807) is 0 Å². The van der Waals surface area contributed by atoms with E-state index in [1.807, 2.05) is 39.0 Å². The number of rotatable bonds is 7. The number of benzene rings is 2. The van der Waals surface area contributed by atoms with Gasteiger partial charge in [0.1, 0.15) is 41.4 Å². The Morgan fingerprint density at radius 2 is 1.88 bits per heavy atom. The van der Waals surface area contributed by atoms with Crippen LogP contribution in [0.15, 0.2) is 42.5 Å². The molecular weight excluding hydrogens is 415 g/mol. The van der Waals surface area contributed by atoms with Crippen molar-refractivity contribution in [3.8, 4) is 17.2 Å². The minimum absolute atomic E-state index is 0.0501. The number of carboxylic acid groups (broad SMARTS) is 1. The van der Waals surface area contributed by atoms with Crippen molar-refractivity contribution in [1.29, 1.82) is 0 Å². The van der Waals surface area contributed by atoms with Crippen LogP contribution in [0.4, 0.5) is 4.39 Å². The highest BCUT2D eigenvalue weighted by molar-refractivity contribution is 5.71. The average Bonchev–Trinajstić information content (AvgIpc) is 2.76. The van der Waals surface area contributed by atoms with Crippen LogP contribution in [-0.2, 0) is 9.53 Å². The summed E-state index contributed by atoms with van der Waals surface area (Å²) in [7, 11) is 0. The summed E-state index contributed by atoms with van der Waals surface area (Å²) < 4.78 is 37.4. The zero-order valence-corrected chi connectivity index (χ0v) is 18.5. The maximum absolute atomic E-state index is 13.2. The molecule has 6 nitrogen and oxygen atoms in total. The van der Waals surface area contributed by atoms with E-state index in [-0.39, 0.29) is 24.4 Å². The fraction of sp³-hybridized carbons (Fsp3) is 0.480. The highest BCUT2D eigenvalue weighted by Crippen LogP contribution is 2.52. The lowest BCUT2D eigenvalue weighted by Gasteiger charge is -2.50. The van der Waals surface area contributed by atoms with Gasteiger partial charge in [-0.3, -0.25) is 4.79 Å². The van der Waals surface area contributed by atoms with Crippen LogP contribution in [0, 0.1) is 17.7 Å². The van der Waals surface area contributed by atoms with E-state index < -0.39 is 23.6 Å². The number of carboxylic acids is 1. The molecule has 4 atom stereocenters. The van der Waals surface area contributed by atoms with E-state index in [4.69, 9.17) is 18.9 Å². The van der Waals surface area contributed by atoms with Crippen molar-refractivity contribution < 1.29 is 33.2 Å². The average molecular weight is 444 g/mol. The molecule has 0 spiro atoms. The van der Waals surface area contributed by atoms with Gasteiger partial charge in [-0.1, -0.05) is 6.92 Å². The molecule has 1 saturated heterocycles. The Bertz CT molecular complexity index is 957. The van der Waals surface area contributed by atoms with Crippen LogP contribution in [0.2, 0.25) is 0 Å². The van der Waals surface area contributed by atoms with E-state index in [9.17, 15) is 14.3 Å². The zero-order valence-electron chi connectivity index (χ0n) is 18.5. The Morgan fingerprint density at radius 3 is 2.56 bits per heavy atom. The molecule has 0 aliphatic carbocycles. The van der Waals surface area contributed by atoms with E-state index in [2.05, 4.69) is 0 Å². The molecular formula is C25H29FO6. The van der Waals surface area contributed by atoms with Gasteiger partial charge in [0.05, 0.1) is 18.6 Å². The second-order valence-electron chi connectivity index (χ2n) is 8.90. The number of halogens is 1. The van der Waals surface area contributed by atoms with Crippen LogP contribution >= 0.6 is 0 Å². The normalized spacial score (nSPS) is 25.8. The Hall–Kier alpha value is -2.80. The van der Waals surface area contributed by atoms with Gasteiger partial charge in [0.25, 0.3) is 0 Å². The van der Waals surface area contributed by atoms with E-state index in [1.165, 1.54) is 24.3 Å². The second kappa shape index (κ2) is 8.98. The maximum atomic E-state index is 13.2. The Kier molecular flexibility index (Phi) is 6.29. The van der Waals surface area contributed by atoms with Crippen molar-refractivity contribution in [3.05, 3.63) is 53.8 Å². The molecule has 0 bridgehead atoms. The van der Waals surface area contributed by atoms with Gasteiger partial charge in [-0.15, -0.1) is 0 Å². The van der Waals surface area contributed by atoms with Gasteiger partial charge in [0.2, 0.25) is 0 Å². The van der Waals surface area contributed by atoms with Gasteiger partial charge >= 0.3 is 5.97 Å². The first-order valence-corrected chi connectivity index (χ1v) is 11.0. The van der Waals surface area contributed by atoms with E-state index in [0.717, 1.165) is 17.7 Å². The highest BCUT2D eigenvalue weighted by Gasteiger charge is 2.52. The minimum atomic E-state index is -0.933. The second-order valence-corrected chi connectivity index (χ2v) is 8.90. The van der Waals surface area contributed by atoms with Crippen LogP contribution in [0.1, 0.15) is 45.3 Å². The number of hydrogen-bond acceptors (Lipinski definition) is 5. The lowest BCUT2D eigenvalue weighted by atomic mass is 9.72. The first kappa shape index (κ1) is 22.4. The standard InChI is InChI=1S/C25H29FO6/c1-4-11-29-17-9-10-21-18(12-17)23-20(25(2,3)32-21)13-19(24(27)28)22(31-23)14-30-16-7-5-15(26)6-8-16/h5-10,12,19-20,22-23H,4,11,13-14H2,1-3H3,(H,27,28)/t19-,20+,22+,23-/m1/s1. The van der Waals surface area contributed by atoms with Crippen molar-refractivity contribution in [3.63, 3.8) is 0 Å². The lowest BCUT2D eigenvalue weighted by Crippen LogP contribution is -2.53. The number of ether oxygens (including phenoxy) is 4. The molecule has 2 aliphatic heterocycles. The van der Waals surface area contributed by atoms with Crippen molar-refractivity contribution in [2.45, 2.75) is 51.4 Å². The molecule has 0 unspecified atom stereocenters. The van der Waals surface area contributed by atoms with Crippen molar-refractivity contribution in [2.24, 2.45) is 11.8 Å². The molecule has 2 heterocycles. The lowest BCUT2D eigenvalue weighted by molar-refractivity contribution is -0.192. The molecule has 0 aromatic heterocycles. The number of aliphatic carboxylic acids is 1. The van der Waals surface area contributed by atoms with Crippen LogP contribution < -0.4 is 14.2 Å². The molecule has 32 heavy (non-hydrogen) atoms. The topological polar surface area (TPSA) is 74.2 Å². The van der Waals surface area contributed by atoms with E-state index >= 15 is 0 Å². The van der Waals surface area contributed by atoms with Crippen LogP contribution in [-0.4, -0.2) is 36.0 Å². The summed E-state index contributed by atoms with van der Waals surface area (Å²) in [6.07, 6.45) is 0.271. The fourth-order valence-corrected chi connectivity index (χ4v) is 4.50. The predicted molar refractivity (Wildman–Crippen MR) is 116 cm³/mol. The Balaban J connectivity index is 1.61. The first-order chi connectivity index (χ1) is 15.3. The molecule has 172 valence electrons. The van der Waals surface area contributed by atoms with Gasteiger partial charge in [0.15, 0.2) is 0 Å². The number of carbonyl (C=O) groups is 1. The first-order valence-electron chi connectivity index (χ1n) is 11.0. The van der Waals surface area contributed by atoms with E-state index in [0.29, 0.717) is 24.5 Å². The fourth-order valence-electron chi connectivity index (χ4n) is 4.50. The Labute approximate surface area is 187 Å². The minimum Gasteiger partial charge on any atom is -0.494 e. The highest BCUT2D eigenvalue weighted by atomic mass is 19.1. The van der Waals surface area contributed by atoms with Crippen LogP contribution in [0.3, 0.4) is 0 Å². The molecule has 0 amide bonds. The van der Waals surface area contributed by atoms with Gasteiger partial charge in [-0.25, -0.2) is 4.39 Å². The molecule has 2 aromatic carbocycles. The SMILES string of the molecule is CCCOc1ccc2c(c1)[C@H]1O[C@@H](COc3ccc(F)cc3)[C@H](C(=O)O)C[C@@H]1C(C)(C)O2. The smallest absolute Gasteiger partial charge is 0.309 e.